The van der Waals surface area contributed by atoms with Crippen LogP contribution in [0.1, 0.15) is 39.5 Å². The van der Waals surface area contributed by atoms with E-state index >= 15 is 0 Å². The van der Waals surface area contributed by atoms with Crippen LogP contribution in [0, 0.1) is 0 Å². The van der Waals surface area contributed by atoms with Crippen LogP contribution in [0.3, 0.4) is 0 Å². The number of fused-ring (bicyclic) bond motifs is 2. The van der Waals surface area contributed by atoms with Crippen LogP contribution >= 0.6 is 0 Å². The number of sulfone groups is 1. The fourth-order valence-electron chi connectivity index (χ4n) is 3.80. The molecule has 0 N–H and O–H groups in total. The van der Waals surface area contributed by atoms with Crippen molar-refractivity contribution in [1.29, 1.82) is 0 Å². The average Bonchev–Trinajstić information content (AvgIpc) is 2.79. The topological polar surface area (TPSA) is 71.5 Å². The number of rotatable bonds is 4. The highest BCUT2D eigenvalue weighted by Gasteiger charge is 2.50. The number of sulfonamides is 1. The average molecular weight is 357 g/mol. The molecule has 3 rings (SSSR count). The molecule has 0 radical (unpaired) electrons. The van der Waals surface area contributed by atoms with E-state index in [4.69, 9.17) is 0 Å². The minimum Gasteiger partial charge on any atom is -0.223 e. The highest BCUT2D eigenvalue weighted by Crippen LogP contribution is 2.42. The predicted molar refractivity (Wildman–Crippen MR) is 89.4 cm³/mol. The van der Waals surface area contributed by atoms with Gasteiger partial charge in [-0.2, -0.15) is 4.31 Å². The molecule has 1 aromatic rings. The maximum Gasteiger partial charge on any atom is 0.216 e. The molecule has 2 aliphatic heterocycles. The molecule has 7 heteroatoms. The van der Waals surface area contributed by atoms with Gasteiger partial charge in [-0.25, -0.2) is 16.8 Å². The Bertz CT molecular complexity index is 758. The summed E-state index contributed by atoms with van der Waals surface area (Å²) >= 11 is 0. The number of nitrogens with zero attached hydrogens (tertiary/aromatic N) is 1. The summed E-state index contributed by atoms with van der Waals surface area (Å²) in [4.78, 5) is 0.338. The number of piperidine rings is 1. The van der Waals surface area contributed by atoms with Gasteiger partial charge < -0.3 is 0 Å². The summed E-state index contributed by atoms with van der Waals surface area (Å²) in [5.74, 6) is 0. The molecule has 2 aliphatic rings. The van der Waals surface area contributed by atoms with Gasteiger partial charge in [-0.15, -0.1) is 0 Å². The number of hydrogen-bond donors (Lipinski definition) is 0. The molecule has 0 aromatic heterocycles. The third-order valence-electron chi connectivity index (χ3n) is 5.02. The highest BCUT2D eigenvalue weighted by atomic mass is 32.2. The molecule has 1 aromatic carbocycles. The van der Waals surface area contributed by atoms with E-state index in [1.54, 1.807) is 48.5 Å². The Balaban J connectivity index is 1.88. The lowest BCUT2D eigenvalue weighted by Gasteiger charge is -2.38. The largest absolute Gasteiger partial charge is 0.223 e. The van der Waals surface area contributed by atoms with Gasteiger partial charge in [0.25, 0.3) is 0 Å². The van der Waals surface area contributed by atoms with Gasteiger partial charge in [0.1, 0.15) is 0 Å². The first kappa shape index (κ1) is 16.9. The summed E-state index contributed by atoms with van der Waals surface area (Å²) in [6, 6.07) is 8.12. The molecule has 128 valence electrons. The summed E-state index contributed by atoms with van der Waals surface area (Å²) in [6.07, 6.45) is 2.33. The van der Waals surface area contributed by atoms with Crippen LogP contribution < -0.4 is 0 Å². The molecule has 0 aliphatic carbocycles. The van der Waals surface area contributed by atoms with Gasteiger partial charge in [0.05, 0.1) is 15.4 Å². The lowest BCUT2D eigenvalue weighted by Crippen LogP contribution is -2.51. The summed E-state index contributed by atoms with van der Waals surface area (Å²) in [5, 5.41) is -0.950. The highest BCUT2D eigenvalue weighted by molar-refractivity contribution is 7.92. The van der Waals surface area contributed by atoms with Crippen LogP contribution in [0.25, 0.3) is 0 Å². The van der Waals surface area contributed by atoms with Crippen molar-refractivity contribution in [2.24, 2.45) is 0 Å². The molecule has 2 saturated heterocycles. The molecule has 2 atom stereocenters. The van der Waals surface area contributed by atoms with Crippen molar-refractivity contribution < 1.29 is 16.8 Å². The standard InChI is InChI=1S/C16H23NO4S2/c1-12(2)23(20,21)17-13-8-9-14(17)11-16(10-13)22(18,19)15-6-4-3-5-7-15/h3-7,12-14,16H,8-11H2,1-2H3. The molecule has 0 spiro atoms. The van der Waals surface area contributed by atoms with Crippen molar-refractivity contribution in [2.75, 3.05) is 0 Å². The normalized spacial score (nSPS) is 29.1. The van der Waals surface area contributed by atoms with Crippen LogP contribution in [-0.2, 0) is 19.9 Å². The van der Waals surface area contributed by atoms with E-state index in [-0.39, 0.29) is 12.1 Å². The van der Waals surface area contributed by atoms with Gasteiger partial charge >= 0.3 is 0 Å². The van der Waals surface area contributed by atoms with Crippen molar-refractivity contribution in [3.8, 4) is 0 Å². The summed E-state index contributed by atoms with van der Waals surface area (Å²) in [5.41, 5.74) is 0. The molecular weight excluding hydrogens is 334 g/mol. The fourth-order valence-corrected chi connectivity index (χ4v) is 7.37. The van der Waals surface area contributed by atoms with E-state index in [0.29, 0.717) is 17.7 Å². The van der Waals surface area contributed by atoms with E-state index in [1.165, 1.54) is 0 Å². The zero-order valence-corrected chi connectivity index (χ0v) is 15.1. The van der Waals surface area contributed by atoms with E-state index in [0.717, 1.165) is 12.8 Å². The maximum absolute atomic E-state index is 12.8. The molecule has 0 saturated carbocycles. The molecule has 0 amide bonds. The van der Waals surface area contributed by atoms with E-state index in [9.17, 15) is 16.8 Å². The van der Waals surface area contributed by atoms with Crippen LogP contribution in [-0.4, -0.2) is 43.7 Å². The van der Waals surface area contributed by atoms with Crippen LogP contribution in [0.15, 0.2) is 35.2 Å². The van der Waals surface area contributed by atoms with Gasteiger partial charge in [-0.05, 0) is 51.7 Å². The Morgan fingerprint density at radius 2 is 1.48 bits per heavy atom. The maximum atomic E-state index is 12.8. The third kappa shape index (κ3) is 2.83. The van der Waals surface area contributed by atoms with Crippen molar-refractivity contribution in [3.63, 3.8) is 0 Å². The first-order valence-electron chi connectivity index (χ1n) is 8.06. The second-order valence-corrected chi connectivity index (χ2v) is 11.4. The second-order valence-electron chi connectivity index (χ2n) is 6.76. The van der Waals surface area contributed by atoms with Gasteiger partial charge in [0.2, 0.25) is 10.0 Å². The molecule has 2 heterocycles. The SMILES string of the molecule is CC(C)S(=O)(=O)N1C2CCC1CC(S(=O)(=O)c1ccccc1)C2. The van der Waals surface area contributed by atoms with Gasteiger partial charge in [0.15, 0.2) is 9.84 Å². The monoisotopic (exact) mass is 357 g/mol. The van der Waals surface area contributed by atoms with Gasteiger partial charge in [-0.1, -0.05) is 18.2 Å². The minimum atomic E-state index is -3.40. The quantitative estimate of drug-likeness (QED) is 0.828. The van der Waals surface area contributed by atoms with Crippen molar-refractivity contribution in [1.82, 2.24) is 4.31 Å². The summed E-state index contributed by atoms with van der Waals surface area (Å²) in [7, 11) is -6.73. The smallest absolute Gasteiger partial charge is 0.216 e. The van der Waals surface area contributed by atoms with Gasteiger partial charge in [-0.3, -0.25) is 0 Å². The Kier molecular flexibility index (Phi) is 4.31. The van der Waals surface area contributed by atoms with E-state index in [1.807, 2.05) is 0 Å². The molecular formula is C16H23NO4S2. The Morgan fingerprint density at radius 1 is 0.957 bits per heavy atom. The van der Waals surface area contributed by atoms with E-state index in [2.05, 4.69) is 0 Å². The number of benzene rings is 1. The van der Waals surface area contributed by atoms with Crippen LogP contribution in [0.4, 0.5) is 0 Å². The first-order valence-corrected chi connectivity index (χ1v) is 11.1. The molecule has 2 bridgehead atoms. The van der Waals surface area contributed by atoms with Crippen molar-refractivity contribution in [3.05, 3.63) is 30.3 Å². The zero-order chi connectivity index (χ0) is 16.8. The summed E-state index contributed by atoms with van der Waals surface area (Å²) < 4.78 is 52.4. The predicted octanol–water partition coefficient (Wildman–Crippen LogP) is 2.19. The lowest BCUT2D eigenvalue weighted by atomic mass is 10.1. The van der Waals surface area contributed by atoms with Crippen LogP contribution in [0.5, 0.6) is 0 Å². The Labute approximate surface area is 138 Å². The molecule has 2 fully saturated rings. The summed E-state index contributed by atoms with van der Waals surface area (Å²) in [6.45, 7) is 3.36. The van der Waals surface area contributed by atoms with E-state index < -0.39 is 30.4 Å². The first-order chi connectivity index (χ1) is 10.7. The molecule has 2 unspecified atom stereocenters. The fraction of sp³-hybridized carbons (Fsp3) is 0.625. The van der Waals surface area contributed by atoms with Gasteiger partial charge in [0, 0.05) is 12.1 Å². The van der Waals surface area contributed by atoms with Crippen LogP contribution in [0.2, 0.25) is 0 Å². The third-order valence-corrected chi connectivity index (χ3v) is 9.59. The zero-order valence-electron chi connectivity index (χ0n) is 13.4. The minimum absolute atomic E-state index is 0.176. The van der Waals surface area contributed by atoms with Crippen molar-refractivity contribution >= 4 is 19.9 Å². The second kappa shape index (κ2) is 5.86. The Hall–Kier alpha value is -0.920. The molecule has 5 nitrogen and oxygen atoms in total. The van der Waals surface area contributed by atoms with Crippen molar-refractivity contribution in [2.45, 2.75) is 67.0 Å². The lowest BCUT2D eigenvalue weighted by molar-refractivity contribution is 0.247. The Morgan fingerprint density at radius 3 is 1.96 bits per heavy atom. The molecule has 23 heavy (non-hydrogen) atoms. The number of hydrogen-bond acceptors (Lipinski definition) is 4.